The van der Waals surface area contributed by atoms with Crippen molar-refractivity contribution in [2.75, 3.05) is 6.54 Å². The number of nitrogens with one attached hydrogen (secondary N) is 1. The Morgan fingerprint density at radius 1 is 1.18 bits per heavy atom. The maximum absolute atomic E-state index is 13.3. The number of hydrogen-bond donors (Lipinski definition) is 3. The van der Waals surface area contributed by atoms with E-state index in [-0.39, 0.29) is 16.6 Å². The molecule has 1 amide bonds. The summed E-state index contributed by atoms with van der Waals surface area (Å²) in [6.45, 7) is 3.86. The van der Waals surface area contributed by atoms with E-state index in [1.165, 1.54) is 17.0 Å². The molecule has 1 heterocycles. The number of amides is 1. The molecule has 0 fully saturated rings. The number of hydrogen-bond acceptors (Lipinski definition) is 5. The van der Waals surface area contributed by atoms with Crippen LogP contribution in [0.1, 0.15) is 23.7 Å². The Hall–Kier alpha value is -2.84. The van der Waals surface area contributed by atoms with Crippen LogP contribution >= 0.6 is 0 Å². The molecule has 3 aromatic rings. The van der Waals surface area contributed by atoms with Gasteiger partial charge in [0, 0.05) is 31.1 Å². The van der Waals surface area contributed by atoms with Crippen LogP contribution in [0.25, 0.3) is 10.9 Å². The second-order valence-corrected chi connectivity index (χ2v) is 8.40. The maximum atomic E-state index is 13.3. The zero-order valence-electron chi connectivity index (χ0n) is 15.8. The number of aromatic hydroxyl groups is 1. The molecule has 7 nitrogen and oxygen atoms in total. The average molecular weight is 401 g/mol. The van der Waals surface area contributed by atoms with Gasteiger partial charge in [-0.1, -0.05) is 12.1 Å². The van der Waals surface area contributed by atoms with Crippen molar-refractivity contribution >= 4 is 26.8 Å². The molecule has 148 valence electrons. The van der Waals surface area contributed by atoms with E-state index in [0.29, 0.717) is 36.1 Å². The lowest BCUT2D eigenvalue weighted by Gasteiger charge is -2.11. The van der Waals surface area contributed by atoms with Crippen LogP contribution in [0.4, 0.5) is 0 Å². The predicted octanol–water partition coefficient (Wildman–Crippen LogP) is 2.03. The predicted molar refractivity (Wildman–Crippen MR) is 108 cm³/mol. The molecule has 0 bridgehead atoms. The van der Waals surface area contributed by atoms with Crippen LogP contribution in [0.3, 0.4) is 0 Å². The minimum atomic E-state index is -3.85. The lowest BCUT2D eigenvalue weighted by atomic mass is 10.1. The quantitative estimate of drug-likeness (QED) is 0.585. The van der Waals surface area contributed by atoms with Crippen LogP contribution in [-0.4, -0.2) is 29.9 Å². The first-order chi connectivity index (χ1) is 13.3. The van der Waals surface area contributed by atoms with Gasteiger partial charge in [-0.2, -0.15) is 0 Å². The SMILES string of the molecule is CC(=O)NCCc1c(C)n(S(=O)(=O)c2ccc(CN)cc2)c2ccc(O)cc12. The third-order valence-corrected chi connectivity index (χ3v) is 6.53. The van der Waals surface area contributed by atoms with Crippen LogP contribution in [0.15, 0.2) is 47.4 Å². The number of phenols is 1. The number of carbonyl (C=O) groups is 1. The minimum absolute atomic E-state index is 0.0510. The third kappa shape index (κ3) is 3.61. The summed E-state index contributed by atoms with van der Waals surface area (Å²) in [6, 6.07) is 11.1. The van der Waals surface area contributed by atoms with Gasteiger partial charge in [0.25, 0.3) is 10.0 Å². The molecule has 0 aliphatic rings. The van der Waals surface area contributed by atoms with Gasteiger partial charge in [-0.05, 0) is 54.8 Å². The van der Waals surface area contributed by atoms with Crippen LogP contribution in [0.5, 0.6) is 5.75 Å². The van der Waals surface area contributed by atoms with Crippen molar-refractivity contribution in [2.45, 2.75) is 31.7 Å². The van der Waals surface area contributed by atoms with E-state index in [9.17, 15) is 18.3 Å². The first-order valence-electron chi connectivity index (χ1n) is 8.87. The van der Waals surface area contributed by atoms with Gasteiger partial charge in [-0.3, -0.25) is 4.79 Å². The van der Waals surface area contributed by atoms with Gasteiger partial charge in [0.2, 0.25) is 5.91 Å². The van der Waals surface area contributed by atoms with Gasteiger partial charge in [0.05, 0.1) is 10.4 Å². The molecule has 1 aromatic heterocycles. The summed E-state index contributed by atoms with van der Waals surface area (Å²) in [5.74, 6) is -0.105. The summed E-state index contributed by atoms with van der Waals surface area (Å²) in [6.07, 6.45) is 0.444. The lowest BCUT2D eigenvalue weighted by molar-refractivity contribution is -0.118. The van der Waals surface area contributed by atoms with Crippen molar-refractivity contribution in [1.29, 1.82) is 0 Å². The van der Waals surface area contributed by atoms with Gasteiger partial charge in [-0.15, -0.1) is 0 Å². The second kappa shape index (κ2) is 7.65. The van der Waals surface area contributed by atoms with Gasteiger partial charge >= 0.3 is 0 Å². The molecule has 8 heteroatoms. The van der Waals surface area contributed by atoms with Gasteiger partial charge in [-0.25, -0.2) is 12.4 Å². The van der Waals surface area contributed by atoms with Gasteiger partial charge in [0.15, 0.2) is 0 Å². The Balaban J connectivity index is 2.16. The topological polar surface area (TPSA) is 114 Å². The molecule has 0 aliphatic carbocycles. The summed E-state index contributed by atoms with van der Waals surface area (Å²) in [5, 5.41) is 13.3. The van der Waals surface area contributed by atoms with E-state index >= 15 is 0 Å². The molecular weight excluding hydrogens is 378 g/mol. The molecule has 0 aliphatic heterocycles. The molecule has 0 atom stereocenters. The van der Waals surface area contributed by atoms with Crippen LogP contribution < -0.4 is 11.1 Å². The minimum Gasteiger partial charge on any atom is -0.508 e. The summed E-state index contributed by atoms with van der Waals surface area (Å²) in [7, 11) is -3.85. The van der Waals surface area contributed by atoms with Crippen molar-refractivity contribution in [3.8, 4) is 5.75 Å². The van der Waals surface area contributed by atoms with Crippen LogP contribution in [0, 0.1) is 6.92 Å². The zero-order chi connectivity index (χ0) is 20.5. The van der Waals surface area contributed by atoms with E-state index in [1.807, 2.05) is 0 Å². The number of benzene rings is 2. The Kier molecular flexibility index (Phi) is 5.44. The Bertz CT molecular complexity index is 1130. The number of aromatic nitrogens is 1. The number of nitrogens with zero attached hydrogens (tertiary/aromatic N) is 1. The fourth-order valence-electron chi connectivity index (χ4n) is 3.33. The number of carbonyl (C=O) groups excluding carboxylic acids is 1. The summed E-state index contributed by atoms with van der Waals surface area (Å²) in [5.41, 5.74) is 8.24. The third-order valence-electron chi connectivity index (χ3n) is 4.71. The van der Waals surface area contributed by atoms with Gasteiger partial charge in [0.1, 0.15) is 5.75 Å². The first kappa shape index (κ1) is 19.9. The van der Waals surface area contributed by atoms with E-state index in [2.05, 4.69) is 5.32 Å². The molecule has 0 spiro atoms. The monoisotopic (exact) mass is 401 g/mol. The van der Waals surface area contributed by atoms with E-state index < -0.39 is 10.0 Å². The van der Waals surface area contributed by atoms with E-state index in [4.69, 9.17) is 5.73 Å². The highest BCUT2D eigenvalue weighted by Crippen LogP contribution is 2.32. The Morgan fingerprint density at radius 2 is 1.86 bits per heavy atom. The first-order valence-corrected chi connectivity index (χ1v) is 10.3. The normalized spacial score (nSPS) is 11.7. The zero-order valence-corrected chi connectivity index (χ0v) is 16.6. The molecule has 2 aromatic carbocycles. The number of fused-ring (bicyclic) bond motifs is 1. The van der Waals surface area contributed by atoms with Crippen LogP contribution in [-0.2, 0) is 27.8 Å². The molecular formula is C20H23N3O4S. The van der Waals surface area contributed by atoms with Crippen LogP contribution in [0.2, 0.25) is 0 Å². The fourth-order valence-corrected chi connectivity index (χ4v) is 4.91. The van der Waals surface area contributed by atoms with Gasteiger partial charge < -0.3 is 16.2 Å². The highest BCUT2D eigenvalue weighted by Gasteiger charge is 2.25. The Labute approximate surface area is 163 Å². The van der Waals surface area contributed by atoms with Crippen molar-refractivity contribution in [3.63, 3.8) is 0 Å². The van der Waals surface area contributed by atoms with Crippen molar-refractivity contribution in [1.82, 2.24) is 9.29 Å². The highest BCUT2D eigenvalue weighted by molar-refractivity contribution is 7.90. The fraction of sp³-hybridized carbons (Fsp3) is 0.250. The summed E-state index contributed by atoms with van der Waals surface area (Å²) >= 11 is 0. The average Bonchev–Trinajstić information content (AvgIpc) is 2.93. The van der Waals surface area contributed by atoms with E-state index in [1.54, 1.807) is 43.3 Å². The summed E-state index contributed by atoms with van der Waals surface area (Å²) in [4.78, 5) is 11.3. The molecule has 0 unspecified atom stereocenters. The maximum Gasteiger partial charge on any atom is 0.268 e. The number of nitrogens with two attached hydrogens (primary N) is 1. The molecule has 4 N–H and O–H groups in total. The largest absolute Gasteiger partial charge is 0.508 e. The standard InChI is InChI=1S/C20H23N3O4S/c1-13-18(9-10-22-14(2)24)19-11-16(25)5-8-20(19)23(13)28(26,27)17-6-3-15(12-21)4-7-17/h3-8,11,25H,9-10,12,21H2,1-2H3,(H,22,24). The molecule has 0 saturated heterocycles. The second-order valence-electron chi connectivity index (χ2n) is 6.62. The molecule has 28 heavy (non-hydrogen) atoms. The summed E-state index contributed by atoms with van der Waals surface area (Å²) < 4.78 is 28.0. The number of rotatable bonds is 6. The van der Waals surface area contributed by atoms with Crippen molar-refractivity contribution in [2.24, 2.45) is 5.73 Å². The molecule has 0 saturated carbocycles. The Morgan fingerprint density at radius 3 is 2.46 bits per heavy atom. The van der Waals surface area contributed by atoms with Crippen molar-refractivity contribution in [3.05, 3.63) is 59.3 Å². The van der Waals surface area contributed by atoms with Crippen molar-refractivity contribution < 1.29 is 18.3 Å². The molecule has 3 rings (SSSR count). The smallest absolute Gasteiger partial charge is 0.268 e. The number of phenolic OH excluding ortho intramolecular Hbond substituents is 1. The molecule has 0 radical (unpaired) electrons. The lowest BCUT2D eigenvalue weighted by Crippen LogP contribution is -2.22. The van der Waals surface area contributed by atoms with E-state index in [0.717, 1.165) is 11.1 Å². The highest BCUT2D eigenvalue weighted by atomic mass is 32.2.